The number of carbonyl (C=O) groups excluding carboxylic acids is 1. The zero-order chi connectivity index (χ0) is 16.3. The number of hydrogen-bond acceptors (Lipinski definition) is 2. The van der Waals surface area contributed by atoms with Gasteiger partial charge in [0, 0.05) is 11.3 Å². The molecule has 0 heterocycles. The van der Waals surface area contributed by atoms with E-state index in [1.54, 1.807) is 0 Å². The number of rotatable bonds is 2. The van der Waals surface area contributed by atoms with E-state index < -0.39 is 0 Å². The van der Waals surface area contributed by atoms with Gasteiger partial charge in [-0.1, -0.05) is 26.8 Å². The van der Waals surface area contributed by atoms with Crippen molar-refractivity contribution in [3.05, 3.63) is 34.9 Å². The molecule has 1 aromatic rings. The number of nitrogens with one attached hydrogen (secondary N) is 1. The summed E-state index contributed by atoms with van der Waals surface area (Å²) in [6, 6.07) is 5.75. The smallest absolute Gasteiger partial charge is 0.267 e. The van der Waals surface area contributed by atoms with Crippen molar-refractivity contribution < 1.29 is 4.79 Å². The van der Waals surface area contributed by atoms with Gasteiger partial charge in [-0.15, -0.1) is 0 Å². The van der Waals surface area contributed by atoms with Crippen molar-refractivity contribution in [2.75, 3.05) is 0 Å². The van der Waals surface area contributed by atoms with E-state index in [4.69, 9.17) is 0 Å². The third-order valence-electron chi connectivity index (χ3n) is 4.87. The Kier molecular flexibility index (Phi) is 5.05. The molecular weight excluding hydrogens is 272 g/mol. The first-order valence-electron chi connectivity index (χ1n) is 8.20. The highest BCUT2D eigenvalue weighted by molar-refractivity contribution is 5.95. The van der Waals surface area contributed by atoms with E-state index in [-0.39, 0.29) is 5.91 Å². The lowest BCUT2D eigenvalue weighted by atomic mass is 9.72. The van der Waals surface area contributed by atoms with Gasteiger partial charge in [0.05, 0.1) is 0 Å². The molecule has 1 saturated carbocycles. The first-order valence-corrected chi connectivity index (χ1v) is 8.20. The summed E-state index contributed by atoms with van der Waals surface area (Å²) >= 11 is 0. The fourth-order valence-corrected chi connectivity index (χ4v) is 3.01. The summed E-state index contributed by atoms with van der Waals surface area (Å²) in [6.45, 7) is 11.0. The zero-order valence-corrected chi connectivity index (χ0v) is 14.5. The predicted molar refractivity (Wildman–Crippen MR) is 92.2 cm³/mol. The first-order chi connectivity index (χ1) is 10.3. The molecule has 1 aromatic carbocycles. The van der Waals surface area contributed by atoms with E-state index in [0.717, 1.165) is 30.0 Å². The number of aryl methyl sites for hydroxylation is 2. The standard InChI is InChI=1S/C19H28N2O/c1-13-6-7-15(12-14(13)2)18(22)21-20-17-10-8-16(9-11-17)19(3,4)5/h6-7,12,16H,8-11H2,1-5H3,(H,21,22). The third kappa shape index (κ3) is 4.19. The Bertz CT molecular complexity index is 572. The summed E-state index contributed by atoms with van der Waals surface area (Å²) in [5.74, 6) is 0.635. The van der Waals surface area contributed by atoms with Crippen molar-refractivity contribution >= 4 is 11.6 Å². The molecule has 0 spiro atoms. The van der Waals surface area contributed by atoms with Gasteiger partial charge in [0.25, 0.3) is 5.91 Å². The molecule has 0 aromatic heterocycles. The fourth-order valence-electron chi connectivity index (χ4n) is 3.01. The van der Waals surface area contributed by atoms with Crippen LogP contribution in [0.25, 0.3) is 0 Å². The summed E-state index contributed by atoms with van der Waals surface area (Å²) < 4.78 is 0. The Labute approximate surface area is 134 Å². The summed E-state index contributed by atoms with van der Waals surface area (Å²) in [7, 11) is 0. The van der Waals surface area contributed by atoms with Crippen LogP contribution in [0.15, 0.2) is 23.3 Å². The van der Waals surface area contributed by atoms with Crippen LogP contribution in [0.5, 0.6) is 0 Å². The minimum Gasteiger partial charge on any atom is -0.267 e. The van der Waals surface area contributed by atoms with Gasteiger partial charge in [-0.3, -0.25) is 4.79 Å². The van der Waals surface area contributed by atoms with Crippen molar-refractivity contribution in [2.24, 2.45) is 16.4 Å². The Hall–Kier alpha value is -1.64. The number of carbonyl (C=O) groups is 1. The highest BCUT2D eigenvalue weighted by Crippen LogP contribution is 2.36. The highest BCUT2D eigenvalue weighted by Gasteiger charge is 2.28. The average molecular weight is 300 g/mol. The monoisotopic (exact) mass is 300 g/mol. The largest absolute Gasteiger partial charge is 0.271 e. The number of amides is 1. The first kappa shape index (κ1) is 16.7. The van der Waals surface area contributed by atoms with Crippen LogP contribution in [-0.2, 0) is 0 Å². The van der Waals surface area contributed by atoms with Crippen LogP contribution >= 0.6 is 0 Å². The third-order valence-corrected chi connectivity index (χ3v) is 4.87. The molecule has 0 unspecified atom stereocenters. The van der Waals surface area contributed by atoms with Gasteiger partial charge < -0.3 is 0 Å². The second-order valence-electron chi connectivity index (χ2n) is 7.56. The maximum Gasteiger partial charge on any atom is 0.271 e. The van der Waals surface area contributed by atoms with E-state index in [1.165, 1.54) is 18.4 Å². The summed E-state index contributed by atoms with van der Waals surface area (Å²) in [6.07, 6.45) is 4.33. The lowest BCUT2D eigenvalue weighted by Crippen LogP contribution is -2.27. The molecule has 1 N–H and O–H groups in total. The Morgan fingerprint density at radius 1 is 1.14 bits per heavy atom. The van der Waals surface area contributed by atoms with E-state index in [2.05, 4.69) is 31.3 Å². The molecule has 3 nitrogen and oxygen atoms in total. The Balaban J connectivity index is 1.92. The van der Waals surface area contributed by atoms with Gasteiger partial charge in [-0.2, -0.15) is 5.10 Å². The molecule has 22 heavy (non-hydrogen) atoms. The van der Waals surface area contributed by atoms with Gasteiger partial charge in [-0.05, 0) is 74.1 Å². The summed E-state index contributed by atoms with van der Waals surface area (Å²) in [4.78, 5) is 12.2. The fraction of sp³-hybridized carbons (Fsp3) is 0.579. The van der Waals surface area contributed by atoms with Crippen LogP contribution < -0.4 is 5.43 Å². The SMILES string of the molecule is Cc1ccc(C(=O)NN=C2CCC(C(C)(C)C)CC2)cc1C. The lowest BCUT2D eigenvalue weighted by molar-refractivity contribution is 0.0954. The molecule has 1 aliphatic carbocycles. The Morgan fingerprint density at radius 2 is 1.77 bits per heavy atom. The normalized spacial score (nSPS) is 19.0. The van der Waals surface area contributed by atoms with Crippen molar-refractivity contribution in [3.8, 4) is 0 Å². The van der Waals surface area contributed by atoms with Gasteiger partial charge in [0.1, 0.15) is 0 Å². The predicted octanol–water partition coefficient (Wildman–Crippen LogP) is 4.63. The van der Waals surface area contributed by atoms with Crippen LogP contribution in [0.2, 0.25) is 0 Å². The number of hydrogen-bond donors (Lipinski definition) is 1. The maximum atomic E-state index is 12.2. The van der Waals surface area contributed by atoms with Crippen LogP contribution in [0.4, 0.5) is 0 Å². The van der Waals surface area contributed by atoms with Crippen molar-refractivity contribution in [1.29, 1.82) is 0 Å². The molecule has 3 heteroatoms. The topological polar surface area (TPSA) is 41.5 Å². The van der Waals surface area contributed by atoms with Gasteiger partial charge in [-0.25, -0.2) is 5.43 Å². The molecule has 0 atom stereocenters. The molecule has 0 bridgehead atoms. The van der Waals surface area contributed by atoms with Crippen molar-refractivity contribution in [3.63, 3.8) is 0 Å². The molecule has 1 fully saturated rings. The van der Waals surface area contributed by atoms with Gasteiger partial charge in [0.15, 0.2) is 0 Å². The van der Waals surface area contributed by atoms with E-state index >= 15 is 0 Å². The Morgan fingerprint density at radius 3 is 2.32 bits per heavy atom. The van der Waals surface area contributed by atoms with Crippen LogP contribution in [0, 0.1) is 25.2 Å². The number of hydrazone groups is 1. The van der Waals surface area contributed by atoms with Crippen molar-refractivity contribution in [1.82, 2.24) is 5.43 Å². The van der Waals surface area contributed by atoms with Gasteiger partial charge in [0.2, 0.25) is 0 Å². The minimum absolute atomic E-state index is 0.117. The minimum atomic E-state index is -0.117. The van der Waals surface area contributed by atoms with Crippen LogP contribution in [-0.4, -0.2) is 11.6 Å². The lowest BCUT2D eigenvalue weighted by Gasteiger charge is -2.34. The molecule has 120 valence electrons. The second-order valence-corrected chi connectivity index (χ2v) is 7.56. The molecule has 2 rings (SSSR count). The molecule has 0 aliphatic heterocycles. The molecular formula is C19H28N2O. The average Bonchev–Trinajstić information content (AvgIpc) is 2.47. The maximum absolute atomic E-state index is 12.2. The second kappa shape index (κ2) is 6.64. The quantitative estimate of drug-likeness (QED) is 0.795. The van der Waals surface area contributed by atoms with E-state index in [1.807, 2.05) is 32.0 Å². The van der Waals surface area contributed by atoms with Crippen LogP contribution in [0.1, 0.15) is 67.9 Å². The summed E-state index contributed by atoms with van der Waals surface area (Å²) in [5.41, 5.74) is 7.21. The molecule has 1 amide bonds. The van der Waals surface area contributed by atoms with Crippen LogP contribution in [0.3, 0.4) is 0 Å². The summed E-state index contributed by atoms with van der Waals surface area (Å²) in [5, 5.41) is 4.35. The van der Waals surface area contributed by atoms with E-state index in [0.29, 0.717) is 11.0 Å². The zero-order valence-electron chi connectivity index (χ0n) is 14.5. The number of benzene rings is 1. The highest BCUT2D eigenvalue weighted by atomic mass is 16.2. The molecule has 0 radical (unpaired) electrons. The van der Waals surface area contributed by atoms with Crippen molar-refractivity contribution in [2.45, 2.75) is 60.3 Å². The van der Waals surface area contributed by atoms with E-state index in [9.17, 15) is 4.79 Å². The van der Waals surface area contributed by atoms with Gasteiger partial charge >= 0.3 is 0 Å². The molecule has 1 aliphatic rings. The number of nitrogens with zero attached hydrogens (tertiary/aromatic N) is 1. The molecule has 0 saturated heterocycles.